The van der Waals surface area contributed by atoms with Gasteiger partial charge < -0.3 is 5.11 Å². The van der Waals surface area contributed by atoms with E-state index in [-0.39, 0.29) is 5.60 Å². The van der Waals surface area contributed by atoms with Crippen LogP contribution in [0.2, 0.25) is 0 Å². The predicted octanol–water partition coefficient (Wildman–Crippen LogP) is 4.82. The Labute approximate surface area is 107 Å². The molecule has 2 rings (SSSR count). The van der Waals surface area contributed by atoms with Crippen molar-refractivity contribution in [2.45, 2.75) is 96.0 Å². The number of hydrogen-bond donors (Lipinski definition) is 1. The van der Waals surface area contributed by atoms with Crippen LogP contribution in [0.3, 0.4) is 0 Å². The topological polar surface area (TPSA) is 20.2 Å². The fourth-order valence-corrected chi connectivity index (χ4v) is 4.36. The van der Waals surface area contributed by atoms with Crippen LogP contribution in [0.1, 0.15) is 90.4 Å². The predicted molar refractivity (Wildman–Crippen MR) is 73.1 cm³/mol. The molecule has 0 aromatic carbocycles. The highest BCUT2D eigenvalue weighted by Crippen LogP contribution is 2.53. The first-order chi connectivity index (χ1) is 8.22. The summed E-state index contributed by atoms with van der Waals surface area (Å²) in [7, 11) is 0. The van der Waals surface area contributed by atoms with Crippen molar-refractivity contribution in [2.24, 2.45) is 5.41 Å². The van der Waals surface area contributed by atoms with Crippen LogP contribution in [0.5, 0.6) is 0 Å². The van der Waals surface area contributed by atoms with Crippen molar-refractivity contribution in [1.29, 1.82) is 0 Å². The van der Waals surface area contributed by atoms with Crippen molar-refractivity contribution < 1.29 is 5.11 Å². The fraction of sp³-hybridized carbons (Fsp3) is 1.00. The fourth-order valence-electron chi connectivity index (χ4n) is 4.36. The Bertz CT molecular complexity index is 222. The molecule has 0 heterocycles. The summed E-state index contributed by atoms with van der Waals surface area (Å²) in [6, 6.07) is 0. The number of aliphatic hydroxyl groups is 1. The van der Waals surface area contributed by atoms with E-state index in [4.69, 9.17) is 0 Å². The van der Waals surface area contributed by atoms with Gasteiger partial charge in [-0.3, -0.25) is 0 Å². The Morgan fingerprint density at radius 3 is 1.88 bits per heavy atom. The van der Waals surface area contributed by atoms with Gasteiger partial charge in [-0.1, -0.05) is 58.3 Å². The molecule has 1 N–H and O–H groups in total. The van der Waals surface area contributed by atoms with Gasteiger partial charge in [0.1, 0.15) is 0 Å². The molecular formula is C16H30O. The molecule has 2 aliphatic rings. The van der Waals surface area contributed by atoms with Gasteiger partial charge >= 0.3 is 0 Å². The highest BCUT2D eigenvalue weighted by Gasteiger charge is 2.49. The third-order valence-corrected chi connectivity index (χ3v) is 5.49. The molecular weight excluding hydrogens is 208 g/mol. The molecule has 2 fully saturated rings. The third kappa shape index (κ3) is 2.70. The molecule has 0 aromatic rings. The van der Waals surface area contributed by atoms with Crippen LogP contribution in [0, 0.1) is 5.41 Å². The Morgan fingerprint density at radius 1 is 0.824 bits per heavy atom. The lowest BCUT2D eigenvalue weighted by Gasteiger charge is -2.52. The zero-order chi connectivity index (χ0) is 12.2. The van der Waals surface area contributed by atoms with Gasteiger partial charge in [0.15, 0.2) is 0 Å². The van der Waals surface area contributed by atoms with Gasteiger partial charge in [-0.15, -0.1) is 0 Å². The zero-order valence-corrected chi connectivity index (χ0v) is 11.6. The van der Waals surface area contributed by atoms with Crippen molar-refractivity contribution >= 4 is 0 Å². The summed E-state index contributed by atoms with van der Waals surface area (Å²) in [5, 5.41) is 11.2. The molecule has 2 saturated carbocycles. The van der Waals surface area contributed by atoms with Crippen molar-refractivity contribution in [3.63, 3.8) is 0 Å². The lowest BCUT2D eigenvalue weighted by atomic mass is 9.57. The standard InChI is InChI=1S/C16H30O/c1-2-3-10-15(11-6-4-7-12-15)16(17)13-8-5-9-14-16/h17H,2-14H2,1H3. The van der Waals surface area contributed by atoms with Crippen molar-refractivity contribution in [1.82, 2.24) is 0 Å². The Balaban J connectivity index is 2.12. The Kier molecular flexibility index (Phi) is 4.52. The van der Waals surface area contributed by atoms with Gasteiger partial charge in [-0.05, 0) is 37.5 Å². The monoisotopic (exact) mass is 238 g/mol. The largest absolute Gasteiger partial charge is 0.389 e. The maximum absolute atomic E-state index is 11.2. The van der Waals surface area contributed by atoms with E-state index in [1.807, 2.05) is 0 Å². The van der Waals surface area contributed by atoms with E-state index >= 15 is 0 Å². The molecule has 1 heteroatoms. The van der Waals surface area contributed by atoms with Gasteiger partial charge in [0.05, 0.1) is 5.60 Å². The summed E-state index contributed by atoms with van der Waals surface area (Å²) in [4.78, 5) is 0. The van der Waals surface area contributed by atoms with Crippen LogP contribution in [-0.4, -0.2) is 10.7 Å². The van der Waals surface area contributed by atoms with E-state index in [1.54, 1.807) is 0 Å². The SMILES string of the molecule is CCCCC1(C2(O)CCCCC2)CCCCC1. The lowest BCUT2D eigenvalue weighted by Crippen LogP contribution is -2.50. The van der Waals surface area contributed by atoms with E-state index in [9.17, 15) is 5.11 Å². The summed E-state index contributed by atoms with van der Waals surface area (Å²) < 4.78 is 0. The average molecular weight is 238 g/mol. The highest BCUT2D eigenvalue weighted by molar-refractivity contribution is 5.01. The minimum Gasteiger partial charge on any atom is -0.389 e. The second-order valence-electron chi connectivity index (χ2n) is 6.54. The number of hydrogen-bond acceptors (Lipinski definition) is 1. The molecule has 0 aliphatic heterocycles. The molecule has 17 heavy (non-hydrogen) atoms. The minimum atomic E-state index is -0.305. The zero-order valence-electron chi connectivity index (χ0n) is 11.6. The molecule has 0 saturated heterocycles. The van der Waals surface area contributed by atoms with Crippen molar-refractivity contribution in [3.8, 4) is 0 Å². The molecule has 0 amide bonds. The molecule has 0 spiro atoms. The molecule has 1 nitrogen and oxygen atoms in total. The van der Waals surface area contributed by atoms with E-state index in [0.717, 1.165) is 12.8 Å². The van der Waals surface area contributed by atoms with Gasteiger partial charge in [0, 0.05) is 0 Å². The second-order valence-corrected chi connectivity index (χ2v) is 6.54. The van der Waals surface area contributed by atoms with Crippen LogP contribution in [0.15, 0.2) is 0 Å². The summed E-state index contributed by atoms with van der Waals surface area (Å²) in [6.07, 6.45) is 16.6. The Morgan fingerprint density at radius 2 is 1.35 bits per heavy atom. The lowest BCUT2D eigenvalue weighted by molar-refractivity contribution is -0.131. The van der Waals surface area contributed by atoms with Gasteiger partial charge in [0.2, 0.25) is 0 Å². The van der Waals surface area contributed by atoms with Gasteiger partial charge in [0.25, 0.3) is 0 Å². The first-order valence-corrected chi connectivity index (χ1v) is 7.95. The summed E-state index contributed by atoms with van der Waals surface area (Å²) in [5.41, 5.74) is -0.0114. The maximum atomic E-state index is 11.2. The number of rotatable bonds is 4. The maximum Gasteiger partial charge on any atom is 0.0703 e. The molecule has 100 valence electrons. The first kappa shape index (κ1) is 13.4. The van der Waals surface area contributed by atoms with Crippen LogP contribution in [0.25, 0.3) is 0 Å². The summed E-state index contributed by atoms with van der Waals surface area (Å²) >= 11 is 0. The third-order valence-electron chi connectivity index (χ3n) is 5.49. The van der Waals surface area contributed by atoms with Crippen LogP contribution in [-0.2, 0) is 0 Å². The molecule has 0 unspecified atom stereocenters. The Hall–Kier alpha value is -0.0400. The molecule has 0 radical (unpaired) electrons. The quantitative estimate of drug-likeness (QED) is 0.744. The molecule has 0 atom stereocenters. The summed E-state index contributed by atoms with van der Waals surface area (Å²) in [5.74, 6) is 0. The normalized spacial score (nSPS) is 27.9. The van der Waals surface area contributed by atoms with Gasteiger partial charge in [-0.2, -0.15) is 0 Å². The van der Waals surface area contributed by atoms with E-state index in [1.165, 1.54) is 70.6 Å². The van der Waals surface area contributed by atoms with Crippen LogP contribution < -0.4 is 0 Å². The first-order valence-electron chi connectivity index (χ1n) is 7.95. The van der Waals surface area contributed by atoms with Crippen LogP contribution in [0.4, 0.5) is 0 Å². The molecule has 0 aromatic heterocycles. The van der Waals surface area contributed by atoms with E-state index in [2.05, 4.69) is 6.92 Å². The van der Waals surface area contributed by atoms with Crippen molar-refractivity contribution in [2.75, 3.05) is 0 Å². The molecule has 2 aliphatic carbocycles. The highest BCUT2D eigenvalue weighted by atomic mass is 16.3. The summed E-state index contributed by atoms with van der Waals surface area (Å²) in [6.45, 7) is 2.28. The van der Waals surface area contributed by atoms with Crippen LogP contribution >= 0.6 is 0 Å². The average Bonchev–Trinajstić information content (AvgIpc) is 2.38. The second kappa shape index (κ2) is 5.73. The van der Waals surface area contributed by atoms with E-state index < -0.39 is 0 Å². The van der Waals surface area contributed by atoms with Gasteiger partial charge in [-0.25, -0.2) is 0 Å². The van der Waals surface area contributed by atoms with Crippen molar-refractivity contribution in [3.05, 3.63) is 0 Å². The molecule has 0 bridgehead atoms. The smallest absolute Gasteiger partial charge is 0.0703 e. The number of unbranched alkanes of at least 4 members (excludes halogenated alkanes) is 1. The van der Waals surface area contributed by atoms with E-state index in [0.29, 0.717) is 5.41 Å². The minimum absolute atomic E-state index is 0.293.